The summed E-state index contributed by atoms with van der Waals surface area (Å²) < 4.78 is 0. The van der Waals surface area contributed by atoms with E-state index >= 15 is 0 Å². The Hall–Kier alpha value is -1.32. The molecular weight excluding hydrogens is 176 g/mol. The predicted molar refractivity (Wildman–Crippen MR) is 59.3 cm³/mol. The first-order chi connectivity index (χ1) is 6.30. The molecule has 78 valence electrons. The molecule has 1 aromatic heterocycles. The van der Waals surface area contributed by atoms with Crippen molar-refractivity contribution in [3.63, 3.8) is 0 Å². The number of nitrogen functional groups attached to an aromatic ring is 1. The second-order valence-electron chi connectivity index (χ2n) is 4.43. The van der Waals surface area contributed by atoms with E-state index in [9.17, 15) is 0 Å². The first kappa shape index (κ1) is 10.8. The highest BCUT2D eigenvalue weighted by Crippen LogP contribution is 2.20. The minimum Gasteiger partial charge on any atom is -0.384 e. The molecule has 0 fully saturated rings. The summed E-state index contributed by atoms with van der Waals surface area (Å²) in [7, 11) is 2.00. The highest BCUT2D eigenvalue weighted by atomic mass is 15.2. The molecule has 1 aromatic rings. The average molecular weight is 194 g/mol. The van der Waals surface area contributed by atoms with E-state index in [-0.39, 0.29) is 5.54 Å². The van der Waals surface area contributed by atoms with Gasteiger partial charge < -0.3 is 10.6 Å². The number of anilines is 2. The fraction of sp³-hybridized carbons (Fsp3) is 0.600. The number of rotatable bonds is 1. The van der Waals surface area contributed by atoms with Gasteiger partial charge in [-0.15, -0.1) is 0 Å². The average Bonchev–Trinajstić information content (AvgIpc) is 1.99. The smallest absolute Gasteiger partial charge is 0.134 e. The standard InChI is InChI=1S/C10H18N4/c1-7-12-8(11)6-9(13-7)14(5)10(2,3)4/h6H,1-5H3,(H2,11,12,13). The van der Waals surface area contributed by atoms with Crippen LogP contribution >= 0.6 is 0 Å². The van der Waals surface area contributed by atoms with Crippen molar-refractivity contribution in [1.29, 1.82) is 0 Å². The molecule has 0 aliphatic heterocycles. The van der Waals surface area contributed by atoms with Gasteiger partial charge in [0.1, 0.15) is 17.5 Å². The summed E-state index contributed by atoms with van der Waals surface area (Å²) in [5.74, 6) is 2.09. The van der Waals surface area contributed by atoms with Crippen molar-refractivity contribution in [3.8, 4) is 0 Å². The predicted octanol–water partition coefficient (Wildman–Crippen LogP) is 1.60. The normalized spacial score (nSPS) is 11.5. The van der Waals surface area contributed by atoms with Crippen molar-refractivity contribution >= 4 is 11.6 Å². The highest BCUT2D eigenvalue weighted by Gasteiger charge is 2.18. The van der Waals surface area contributed by atoms with Gasteiger partial charge in [0.2, 0.25) is 0 Å². The summed E-state index contributed by atoms with van der Waals surface area (Å²) in [5, 5.41) is 0. The maximum Gasteiger partial charge on any atom is 0.134 e. The Morgan fingerprint density at radius 3 is 2.29 bits per heavy atom. The van der Waals surface area contributed by atoms with Gasteiger partial charge in [-0.1, -0.05) is 0 Å². The minimum atomic E-state index is 0.0350. The molecule has 0 atom stereocenters. The molecule has 0 radical (unpaired) electrons. The van der Waals surface area contributed by atoms with Crippen LogP contribution in [0.1, 0.15) is 26.6 Å². The summed E-state index contributed by atoms with van der Waals surface area (Å²) in [5.41, 5.74) is 5.70. The molecular formula is C10H18N4. The van der Waals surface area contributed by atoms with E-state index in [2.05, 4.69) is 35.6 Å². The van der Waals surface area contributed by atoms with Gasteiger partial charge in [-0.2, -0.15) is 0 Å². The van der Waals surface area contributed by atoms with E-state index in [4.69, 9.17) is 5.73 Å². The van der Waals surface area contributed by atoms with E-state index in [1.54, 1.807) is 6.07 Å². The van der Waals surface area contributed by atoms with Crippen molar-refractivity contribution in [2.24, 2.45) is 0 Å². The summed E-state index contributed by atoms with van der Waals surface area (Å²) in [4.78, 5) is 10.5. The Balaban J connectivity index is 3.07. The summed E-state index contributed by atoms with van der Waals surface area (Å²) in [6.07, 6.45) is 0. The van der Waals surface area contributed by atoms with Crippen molar-refractivity contribution in [2.75, 3.05) is 17.7 Å². The zero-order valence-corrected chi connectivity index (χ0v) is 9.50. The third-order valence-corrected chi connectivity index (χ3v) is 2.19. The van der Waals surface area contributed by atoms with Crippen LogP contribution in [0.2, 0.25) is 0 Å². The molecule has 0 aliphatic rings. The lowest BCUT2D eigenvalue weighted by Crippen LogP contribution is -2.38. The van der Waals surface area contributed by atoms with Gasteiger partial charge in [-0.25, -0.2) is 9.97 Å². The van der Waals surface area contributed by atoms with Gasteiger partial charge in [-0.05, 0) is 27.7 Å². The van der Waals surface area contributed by atoms with Crippen LogP contribution in [0.15, 0.2) is 6.07 Å². The number of nitrogens with two attached hydrogens (primary N) is 1. The fourth-order valence-electron chi connectivity index (χ4n) is 1.09. The van der Waals surface area contributed by atoms with E-state index < -0.39 is 0 Å². The molecule has 0 aromatic carbocycles. The molecule has 0 saturated carbocycles. The molecule has 0 amide bonds. The molecule has 4 nitrogen and oxygen atoms in total. The molecule has 14 heavy (non-hydrogen) atoms. The third kappa shape index (κ3) is 2.34. The zero-order chi connectivity index (χ0) is 10.9. The van der Waals surface area contributed by atoms with Gasteiger partial charge in [0.25, 0.3) is 0 Å². The molecule has 0 aliphatic carbocycles. The van der Waals surface area contributed by atoms with Crippen LogP contribution in [0.25, 0.3) is 0 Å². The number of aromatic nitrogens is 2. The summed E-state index contributed by atoms with van der Waals surface area (Å²) >= 11 is 0. The van der Waals surface area contributed by atoms with Crippen molar-refractivity contribution in [2.45, 2.75) is 33.2 Å². The molecule has 0 saturated heterocycles. The largest absolute Gasteiger partial charge is 0.384 e. The van der Waals surface area contributed by atoms with Crippen LogP contribution in [-0.2, 0) is 0 Å². The summed E-state index contributed by atoms with van der Waals surface area (Å²) in [6, 6.07) is 1.79. The van der Waals surface area contributed by atoms with Crippen LogP contribution in [0, 0.1) is 6.92 Å². The van der Waals surface area contributed by atoms with Crippen molar-refractivity contribution in [3.05, 3.63) is 11.9 Å². The van der Waals surface area contributed by atoms with E-state index in [0.29, 0.717) is 11.6 Å². The van der Waals surface area contributed by atoms with Crippen LogP contribution in [-0.4, -0.2) is 22.6 Å². The van der Waals surface area contributed by atoms with Gasteiger partial charge in [0.05, 0.1) is 0 Å². The lowest BCUT2D eigenvalue weighted by Gasteiger charge is -2.33. The van der Waals surface area contributed by atoms with Crippen molar-refractivity contribution in [1.82, 2.24) is 9.97 Å². The Bertz CT molecular complexity index is 307. The second kappa shape index (κ2) is 3.44. The lowest BCUT2D eigenvalue weighted by molar-refractivity contribution is 0.533. The van der Waals surface area contributed by atoms with Crippen LogP contribution in [0.3, 0.4) is 0 Å². The molecule has 4 heteroatoms. The van der Waals surface area contributed by atoms with E-state index in [1.807, 2.05) is 14.0 Å². The van der Waals surface area contributed by atoms with Crippen LogP contribution in [0.4, 0.5) is 11.6 Å². The van der Waals surface area contributed by atoms with E-state index in [0.717, 1.165) is 5.82 Å². The first-order valence-corrected chi connectivity index (χ1v) is 4.65. The number of hydrogen-bond donors (Lipinski definition) is 1. The van der Waals surface area contributed by atoms with Crippen molar-refractivity contribution < 1.29 is 0 Å². The van der Waals surface area contributed by atoms with Gasteiger partial charge >= 0.3 is 0 Å². The van der Waals surface area contributed by atoms with Crippen LogP contribution < -0.4 is 10.6 Å². The van der Waals surface area contributed by atoms with Crippen LogP contribution in [0.5, 0.6) is 0 Å². The lowest BCUT2D eigenvalue weighted by atomic mass is 10.1. The SMILES string of the molecule is Cc1nc(N)cc(N(C)C(C)(C)C)n1. The zero-order valence-electron chi connectivity index (χ0n) is 9.50. The maximum absolute atomic E-state index is 5.66. The molecule has 1 rings (SSSR count). The molecule has 1 heterocycles. The molecule has 2 N–H and O–H groups in total. The fourth-order valence-corrected chi connectivity index (χ4v) is 1.09. The topological polar surface area (TPSA) is 55.0 Å². The number of hydrogen-bond acceptors (Lipinski definition) is 4. The van der Waals surface area contributed by atoms with Gasteiger partial charge in [-0.3, -0.25) is 0 Å². The Kier molecular flexibility index (Phi) is 2.64. The molecule has 0 spiro atoms. The molecule has 0 bridgehead atoms. The summed E-state index contributed by atoms with van der Waals surface area (Å²) in [6.45, 7) is 8.22. The Morgan fingerprint density at radius 1 is 1.29 bits per heavy atom. The Morgan fingerprint density at radius 2 is 1.86 bits per heavy atom. The Labute approximate surface area is 85.2 Å². The van der Waals surface area contributed by atoms with Gasteiger partial charge in [0, 0.05) is 18.7 Å². The monoisotopic (exact) mass is 194 g/mol. The maximum atomic E-state index is 5.66. The first-order valence-electron chi connectivity index (χ1n) is 4.65. The van der Waals surface area contributed by atoms with E-state index in [1.165, 1.54) is 0 Å². The third-order valence-electron chi connectivity index (χ3n) is 2.19. The minimum absolute atomic E-state index is 0.0350. The van der Waals surface area contributed by atoms with Gasteiger partial charge in [0.15, 0.2) is 0 Å². The molecule has 0 unspecified atom stereocenters. The second-order valence-corrected chi connectivity index (χ2v) is 4.43. The number of nitrogens with zero attached hydrogens (tertiary/aromatic N) is 3. The quantitative estimate of drug-likeness (QED) is 0.737. The number of aryl methyl sites for hydroxylation is 1. The highest BCUT2D eigenvalue weighted by molar-refractivity contribution is 5.47.